The first-order chi connectivity index (χ1) is 12.3. The van der Waals surface area contributed by atoms with E-state index in [9.17, 15) is 0 Å². The summed E-state index contributed by atoms with van der Waals surface area (Å²) in [5.41, 5.74) is 9.04. The standard InChI is InChI=1S/C20H17B2NOS/c1-24-21-14-8-3-5-12-18(14)23-19-13-6-4-9-15(19)22(25-2)17-11-7-10-16(21)20(17)23/h3-13H,1-2H3. The van der Waals surface area contributed by atoms with Crippen LogP contribution in [-0.4, -0.2) is 26.3 Å². The van der Waals surface area contributed by atoms with Gasteiger partial charge in [-0.3, -0.25) is 0 Å². The fraction of sp³-hybridized carbons (Fsp3) is 0.100. The SMILES string of the molecule is COB1c2ccccc2N2c3ccccc3B(SC)c3cccc1c32. The molecule has 0 radical (unpaired) electrons. The Morgan fingerprint density at radius 1 is 0.760 bits per heavy atom. The van der Waals surface area contributed by atoms with Crippen molar-refractivity contribution < 1.29 is 4.65 Å². The van der Waals surface area contributed by atoms with Gasteiger partial charge in [0.1, 0.15) is 0 Å². The van der Waals surface area contributed by atoms with Gasteiger partial charge in [-0.15, -0.1) is 0 Å². The Labute approximate surface area is 153 Å². The Bertz CT molecular complexity index is 904. The summed E-state index contributed by atoms with van der Waals surface area (Å²) in [5, 5.41) is 0. The van der Waals surface area contributed by atoms with Gasteiger partial charge in [0.2, 0.25) is 0 Å². The van der Waals surface area contributed by atoms with Crippen LogP contribution in [-0.2, 0) is 4.65 Å². The summed E-state index contributed by atoms with van der Waals surface area (Å²) >= 11 is 1.90. The van der Waals surface area contributed by atoms with Crippen molar-refractivity contribution in [3.05, 3.63) is 66.7 Å². The van der Waals surface area contributed by atoms with E-state index in [1.165, 1.54) is 38.9 Å². The van der Waals surface area contributed by atoms with Gasteiger partial charge in [-0.1, -0.05) is 54.6 Å². The van der Waals surface area contributed by atoms with Crippen molar-refractivity contribution in [1.29, 1.82) is 0 Å². The van der Waals surface area contributed by atoms with Gasteiger partial charge >= 0.3 is 6.92 Å². The summed E-state index contributed by atoms with van der Waals surface area (Å²) in [5.74, 6) is 0.352. The highest BCUT2D eigenvalue weighted by Crippen LogP contribution is 2.37. The number of fused-ring (bicyclic) bond motifs is 4. The smallest absolute Gasteiger partial charge is 0.365 e. The van der Waals surface area contributed by atoms with Crippen LogP contribution in [0.1, 0.15) is 0 Å². The molecule has 0 amide bonds. The molecule has 0 atom stereocenters. The number of nitrogens with zero attached hydrogens (tertiary/aromatic N) is 1. The van der Waals surface area contributed by atoms with Gasteiger partial charge in [0, 0.05) is 24.2 Å². The van der Waals surface area contributed by atoms with Gasteiger partial charge < -0.3 is 9.55 Å². The average Bonchev–Trinajstić information content (AvgIpc) is 2.68. The maximum absolute atomic E-state index is 5.94. The third-order valence-corrected chi connectivity index (χ3v) is 6.26. The second kappa shape index (κ2) is 5.72. The fourth-order valence-corrected chi connectivity index (χ4v) is 5.20. The topological polar surface area (TPSA) is 12.5 Å². The van der Waals surface area contributed by atoms with Gasteiger partial charge in [-0.25, -0.2) is 11.6 Å². The second-order valence-corrected chi connectivity index (χ2v) is 7.41. The monoisotopic (exact) mass is 341 g/mol. The lowest BCUT2D eigenvalue weighted by atomic mass is 9.48. The molecule has 2 nitrogen and oxygen atoms in total. The number of para-hydroxylation sites is 3. The maximum Gasteiger partial charge on any atom is 0.365 e. The highest BCUT2D eigenvalue weighted by Gasteiger charge is 2.42. The Morgan fingerprint density at radius 3 is 2.08 bits per heavy atom. The minimum absolute atomic E-state index is 0.0184. The van der Waals surface area contributed by atoms with Crippen LogP contribution < -0.4 is 26.8 Å². The van der Waals surface area contributed by atoms with Crippen molar-refractivity contribution in [2.45, 2.75) is 0 Å². The quantitative estimate of drug-likeness (QED) is 0.662. The van der Waals surface area contributed by atoms with E-state index >= 15 is 0 Å². The molecule has 25 heavy (non-hydrogen) atoms. The van der Waals surface area contributed by atoms with Gasteiger partial charge in [0.05, 0.1) is 0 Å². The predicted molar refractivity (Wildman–Crippen MR) is 112 cm³/mol. The molecule has 0 fully saturated rings. The highest BCUT2D eigenvalue weighted by molar-refractivity contribution is 8.27. The van der Waals surface area contributed by atoms with Crippen molar-refractivity contribution >= 4 is 63.4 Å². The number of anilines is 3. The zero-order chi connectivity index (χ0) is 17.0. The molecule has 0 saturated heterocycles. The van der Waals surface area contributed by atoms with E-state index in [2.05, 4.69) is 77.9 Å². The molecule has 0 bridgehead atoms. The Balaban J connectivity index is 1.89. The lowest BCUT2D eigenvalue weighted by Crippen LogP contribution is -2.59. The summed E-state index contributed by atoms with van der Waals surface area (Å²) in [6.45, 7) is -0.0184. The first-order valence-electron chi connectivity index (χ1n) is 8.51. The van der Waals surface area contributed by atoms with Crippen molar-refractivity contribution in [3.8, 4) is 0 Å². The summed E-state index contributed by atoms with van der Waals surface area (Å²) < 4.78 is 5.94. The minimum Gasteiger partial charge on any atom is -0.430 e. The van der Waals surface area contributed by atoms with Crippen molar-refractivity contribution in [2.75, 3.05) is 18.3 Å². The third kappa shape index (κ3) is 2.00. The van der Waals surface area contributed by atoms with Crippen molar-refractivity contribution in [3.63, 3.8) is 0 Å². The minimum atomic E-state index is -0.0184. The fourth-order valence-electron chi connectivity index (χ4n) is 4.30. The zero-order valence-electron chi connectivity index (χ0n) is 14.3. The number of rotatable bonds is 2. The molecular formula is C20H17B2NOS. The number of hydrogen-bond acceptors (Lipinski definition) is 3. The molecule has 2 aliphatic heterocycles. The van der Waals surface area contributed by atoms with Crippen LogP contribution in [0.2, 0.25) is 0 Å². The van der Waals surface area contributed by atoms with Crippen LogP contribution in [0.4, 0.5) is 17.1 Å². The molecular weight excluding hydrogens is 324 g/mol. The highest BCUT2D eigenvalue weighted by atomic mass is 32.2. The van der Waals surface area contributed by atoms with Crippen LogP contribution in [0.15, 0.2) is 66.7 Å². The Hall–Kier alpha value is -2.10. The van der Waals surface area contributed by atoms with E-state index in [4.69, 9.17) is 4.65 Å². The summed E-state index contributed by atoms with van der Waals surface area (Å²) in [6.07, 6.45) is 2.20. The molecule has 0 aromatic heterocycles. The number of benzene rings is 3. The van der Waals surface area contributed by atoms with Crippen LogP contribution in [0.3, 0.4) is 0 Å². The van der Waals surface area contributed by atoms with Gasteiger partial charge in [0.15, 0.2) is 0 Å². The first-order valence-corrected chi connectivity index (χ1v) is 9.80. The molecule has 120 valence electrons. The normalized spacial score (nSPS) is 14.1. The molecule has 5 heteroatoms. The number of hydrogen-bond donors (Lipinski definition) is 0. The van der Waals surface area contributed by atoms with E-state index in [1.807, 2.05) is 11.6 Å². The Kier molecular flexibility index (Phi) is 3.47. The molecule has 0 saturated carbocycles. The summed E-state index contributed by atoms with van der Waals surface area (Å²) in [7, 11) is 1.80. The molecule has 0 unspecified atom stereocenters. The van der Waals surface area contributed by atoms with Crippen LogP contribution in [0, 0.1) is 0 Å². The second-order valence-electron chi connectivity index (χ2n) is 6.47. The molecule has 0 spiro atoms. The van der Waals surface area contributed by atoms with Crippen LogP contribution in [0.25, 0.3) is 0 Å². The van der Waals surface area contributed by atoms with E-state index in [1.54, 1.807) is 7.11 Å². The lowest BCUT2D eigenvalue weighted by molar-refractivity contribution is 0.439. The van der Waals surface area contributed by atoms with Crippen LogP contribution in [0.5, 0.6) is 0 Å². The largest absolute Gasteiger partial charge is 0.430 e. The summed E-state index contributed by atoms with van der Waals surface area (Å²) in [6, 6.07) is 24.0. The van der Waals surface area contributed by atoms with E-state index < -0.39 is 0 Å². The zero-order valence-corrected chi connectivity index (χ0v) is 15.1. The van der Waals surface area contributed by atoms with Crippen molar-refractivity contribution in [1.82, 2.24) is 0 Å². The average molecular weight is 341 g/mol. The van der Waals surface area contributed by atoms with Gasteiger partial charge in [-0.05, 0) is 40.2 Å². The van der Waals surface area contributed by atoms with Crippen molar-refractivity contribution in [2.24, 2.45) is 0 Å². The molecule has 0 N–H and O–H groups in total. The lowest BCUT2D eigenvalue weighted by Gasteiger charge is -2.42. The van der Waals surface area contributed by atoms with E-state index in [0.717, 1.165) is 0 Å². The molecule has 2 heterocycles. The molecule has 3 aromatic carbocycles. The molecule has 5 rings (SSSR count). The maximum atomic E-state index is 5.94. The third-order valence-electron chi connectivity index (χ3n) is 5.28. The molecule has 0 aliphatic carbocycles. The van der Waals surface area contributed by atoms with Gasteiger partial charge in [0.25, 0.3) is 5.99 Å². The van der Waals surface area contributed by atoms with Gasteiger partial charge in [-0.2, -0.15) is 0 Å². The predicted octanol–water partition coefficient (Wildman–Crippen LogP) is 2.00. The first kappa shape index (κ1) is 15.2. The van der Waals surface area contributed by atoms with Crippen LogP contribution >= 0.6 is 11.6 Å². The van der Waals surface area contributed by atoms with E-state index in [-0.39, 0.29) is 6.92 Å². The Morgan fingerprint density at radius 2 is 1.36 bits per heavy atom. The summed E-state index contributed by atoms with van der Waals surface area (Å²) in [4.78, 5) is 2.43. The van der Waals surface area contributed by atoms with E-state index in [0.29, 0.717) is 5.99 Å². The molecule has 2 aliphatic rings. The molecule has 3 aromatic rings.